The molecule has 0 aliphatic carbocycles. The normalized spacial score (nSPS) is 11.4. The van der Waals surface area contributed by atoms with E-state index in [2.05, 4.69) is 4.72 Å². The van der Waals surface area contributed by atoms with Crippen LogP contribution in [0.1, 0.15) is 15.9 Å². The number of benzene rings is 2. The molecule has 5 nitrogen and oxygen atoms in total. The smallest absolute Gasteiger partial charge is 0.335 e. The maximum Gasteiger partial charge on any atom is 0.335 e. The zero-order valence-electron chi connectivity index (χ0n) is 11.1. The Balaban J connectivity index is 2.29. The number of nitrogens with one attached hydrogen (secondary N) is 1. The van der Waals surface area contributed by atoms with E-state index < -0.39 is 21.8 Å². The van der Waals surface area contributed by atoms with E-state index in [1.165, 1.54) is 30.3 Å². The average molecular weight is 344 g/mol. The van der Waals surface area contributed by atoms with Gasteiger partial charge in [-0.1, -0.05) is 29.8 Å². The van der Waals surface area contributed by atoms with Crippen LogP contribution in [0.4, 0.5) is 4.39 Å². The van der Waals surface area contributed by atoms with Crippen LogP contribution in [0.15, 0.2) is 47.4 Å². The first-order chi connectivity index (χ1) is 10.3. The molecule has 0 radical (unpaired) electrons. The molecule has 0 aliphatic rings. The minimum atomic E-state index is -4.07. The first kappa shape index (κ1) is 16.4. The van der Waals surface area contributed by atoms with E-state index >= 15 is 0 Å². The molecule has 2 rings (SSSR count). The molecule has 116 valence electrons. The van der Waals surface area contributed by atoms with E-state index in [9.17, 15) is 17.6 Å². The van der Waals surface area contributed by atoms with Crippen LogP contribution < -0.4 is 4.72 Å². The molecule has 0 heterocycles. The van der Waals surface area contributed by atoms with Gasteiger partial charge in [0.25, 0.3) is 0 Å². The van der Waals surface area contributed by atoms with Gasteiger partial charge in [0.05, 0.1) is 10.6 Å². The fourth-order valence-corrected chi connectivity index (χ4v) is 3.26. The summed E-state index contributed by atoms with van der Waals surface area (Å²) in [6.07, 6.45) is 0. The minimum Gasteiger partial charge on any atom is -0.478 e. The first-order valence-electron chi connectivity index (χ1n) is 6.07. The quantitative estimate of drug-likeness (QED) is 0.874. The zero-order valence-corrected chi connectivity index (χ0v) is 12.7. The zero-order chi connectivity index (χ0) is 16.3. The van der Waals surface area contributed by atoms with Gasteiger partial charge in [-0.15, -0.1) is 0 Å². The molecule has 0 atom stereocenters. The highest BCUT2D eigenvalue weighted by molar-refractivity contribution is 7.89. The van der Waals surface area contributed by atoms with Crippen LogP contribution in [-0.4, -0.2) is 19.5 Å². The van der Waals surface area contributed by atoms with Crippen LogP contribution in [0.5, 0.6) is 0 Å². The van der Waals surface area contributed by atoms with Crippen LogP contribution in [0.25, 0.3) is 0 Å². The van der Waals surface area contributed by atoms with Gasteiger partial charge in [-0.05, 0) is 24.3 Å². The average Bonchev–Trinajstić information content (AvgIpc) is 2.46. The number of rotatable bonds is 5. The first-order valence-corrected chi connectivity index (χ1v) is 7.93. The van der Waals surface area contributed by atoms with Gasteiger partial charge in [0.15, 0.2) is 0 Å². The molecule has 0 aromatic heterocycles. The number of hydrogen-bond donors (Lipinski definition) is 2. The van der Waals surface area contributed by atoms with Crippen LogP contribution in [0, 0.1) is 5.82 Å². The van der Waals surface area contributed by atoms with E-state index in [1.807, 2.05) is 0 Å². The van der Waals surface area contributed by atoms with Crippen molar-refractivity contribution >= 4 is 27.6 Å². The predicted octanol–water partition coefficient (Wildman–Crippen LogP) is 2.66. The Bertz CT molecular complexity index is 823. The highest BCUT2D eigenvalue weighted by atomic mass is 35.5. The molecule has 22 heavy (non-hydrogen) atoms. The second kappa shape index (κ2) is 6.43. The Morgan fingerprint density at radius 2 is 1.91 bits per heavy atom. The number of hydrogen-bond acceptors (Lipinski definition) is 3. The Hall–Kier alpha value is -1.96. The molecule has 2 aromatic rings. The Morgan fingerprint density at radius 3 is 2.55 bits per heavy atom. The molecule has 0 aliphatic heterocycles. The molecule has 2 N–H and O–H groups in total. The summed E-state index contributed by atoms with van der Waals surface area (Å²) in [5, 5.41) is 8.78. The van der Waals surface area contributed by atoms with Gasteiger partial charge in [0.1, 0.15) is 10.7 Å². The monoisotopic (exact) mass is 343 g/mol. The molecule has 8 heteroatoms. The lowest BCUT2D eigenvalue weighted by molar-refractivity contribution is 0.0696. The number of aromatic carboxylic acids is 1. The summed E-state index contributed by atoms with van der Waals surface area (Å²) in [5.74, 6) is -1.82. The number of carboxylic acids is 1. The summed E-state index contributed by atoms with van der Waals surface area (Å²) in [6, 6.07) is 9.04. The van der Waals surface area contributed by atoms with Crippen molar-refractivity contribution in [2.45, 2.75) is 11.4 Å². The largest absolute Gasteiger partial charge is 0.478 e. The van der Waals surface area contributed by atoms with Crippen LogP contribution in [0.3, 0.4) is 0 Å². The minimum absolute atomic E-state index is 0.119. The van der Waals surface area contributed by atoms with Crippen molar-refractivity contribution in [3.05, 3.63) is 64.4 Å². The van der Waals surface area contributed by atoms with Gasteiger partial charge < -0.3 is 5.11 Å². The predicted molar refractivity (Wildman–Crippen MR) is 78.8 cm³/mol. The fraction of sp³-hybridized carbons (Fsp3) is 0.0714. The third-order valence-corrected chi connectivity index (χ3v) is 4.76. The van der Waals surface area contributed by atoms with Crippen molar-refractivity contribution in [2.24, 2.45) is 0 Å². The van der Waals surface area contributed by atoms with E-state index in [1.54, 1.807) is 6.07 Å². The van der Waals surface area contributed by atoms with Crippen molar-refractivity contribution < 1.29 is 22.7 Å². The summed E-state index contributed by atoms with van der Waals surface area (Å²) in [6.45, 7) is -0.275. The topological polar surface area (TPSA) is 83.5 Å². The number of halogens is 2. The maximum absolute atomic E-state index is 13.5. The lowest BCUT2D eigenvalue weighted by Gasteiger charge is -2.09. The summed E-state index contributed by atoms with van der Waals surface area (Å²) < 4.78 is 40.1. The van der Waals surface area contributed by atoms with Crippen LogP contribution >= 0.6 is 11.6 Å². The van der Waals surface area contributed by atoms with Crippen molar-refractivity contribution in [1.82, 2.24) is 4.72 Å². The van der Waals surface area contributed by atoms with E-state index in [-0.39, 0.29) is 27.6 Å². The molecular weight excluding hydrogens is 333 g/mol. The maximum atomic E-state index is 13.5. The van der Waals surface area contributed by atoms with E-state index in [4.69, 9.17) is 16.7 Å². The molecule has 2 aromatic carbocycles. The summed E-state index contributed by atoms with van der Waals surface area (Å²) >= 11 is 5.81. The van der Waals surface area contributed by atoms with Gasteiger partial charge in [-0.2, -0.15) is 0 Å². The van der Waals surface area contributed by atoms with Crippen LogP contribution in [-0.2, 0) is 16.6 Å². The van der Waals surface area contributed by atoms with Gasteiger partial charge in [-0.3, -0.25) is 0 Å². The van der Waals surface area contributed by atoms with Gasteiger partial charge in [-0.25, -0.2) is 22.3 Å². The SMILES string of the molecule is O=C(O)c1ccc(Cl)c(S(=O)(=O)NCc2ccccc2F)c1. The summed E-state index contributed by atoms with van der Waals surface area (Å²) in [7, 11) is -4.07. The Labute approximate surface area is 131 Å². The molecule has 0 fully saturated rings. The molecule has 0 bridgehead atoms. The number of sulfonamides is 1. The molecule has 0 saturated heterocycles. The van der Waals surface area contributed by atoms with Crippen molar-refractivity contribution in [3.8, 4) is 0 Å². The van der Waals surface area contributed by atoms with Crippen LogP contribution in [0.2, 0.25) is 5.02 Å². The fourth-order valence-electron chi connectivity index (χ4n) is 1.73. The third-order valence-electron chi connectivity index (χ3n) is 2.88. The third kappa shape index (κ3) is 3.62. The lowest BCUT2D eigenvalue weighted by atomic mass is 10.2. The lowest BCUT2D eigenvalue weighted by Crippen LogP contribution is -2.24. The van der Waals surface area contributed by atoms with Gasteiger partial charge in [0, 0.05) is 12.1 Å². The molecular formula is C14H11ClFNO4S. The second-order valence-corrected chi connectivity index (χ2v) is 6.51. The van der Waals surface area contributed by atoms with Gasteiger partial charge in [0.2, 0.25) is 10.0 Å². The van der Waals surface area contributed by atoms with Crippen molar-refractivity contribution in [2.75, 3.05) is 0 Å². The standard InChI is InChI=1S/C14H11ClFNO4S/c15-11-6-5-9(14(18)19)7-13(11)22(20,21)17-8-10-3-1-2-4-12(10)16/h1-7,17H,8H2,(H,18,19). The van der Waals surface area contributed by atoms with Crippen molar-refractivity contribution in [3.63, 3.8) is 0 Å². The number of carbonyl (C=O) groups is 1. The number of carboxylic acid groups (broad SMARTS) is 1. The summed E-state index contributed by atoms with van der Waals surface area (Å²) in [5.41, 5.74) is -0.0488. The van der Waals surface area contributed by atoms with E-state index in [0.717, 1.165) is 6.07 Å². The molecule has 0 amide bonds. The molecule has 0 spiro atoms. The second-order valence-electron chi connectivity index (χ2n) is 4.37. The Morgan fingerprint density at radius 1 is 1.23 bits per heavy atom. The Kier molecular flexibility index (Phi) is 4.80. The molecule has 0 unspecified atom stereocenters. The molecule has 0 saturated carbocycles. The highest BCUT2D eigenvalue weighted by Crippen LogP contribution is 2.23. The van der Waals surface area contributed by atoms with Crippen molar-refractivity contribution in [1.29, 1.82) is 0 Å². The van der Waals surface area contributed by atoms with Gasteiger partial charge >= 0.3 is 5.97 Å². The summed E-state index contributed by atoms with van der Waals surface area (Å²) in [4.78, 5) is 10.5. The highest BCUT2D eigenvalue weighted by Gasteiger charge is 2.20. The van der Waals surface area contributed by atoms with E-state index in [0.29, 0.717) is 0 Å².